The van der Waals surface area contributed by atoms with Gasteiger partial charge in [-0.3, -0.25) is 0 Å². The molecule has 2 aliphatic rings. The maximum absolute atomic E-state index is 11.9. The van der Waals surface area contributed by atoms with E-state index >= 15 is 0 Å². The van der Waals surface area contributed by atoms with Gasteiger partial charge in [0.25, 0.3) is 0 Å². The molecule has 2 fully saturated rings. The van der Waals surface area contributed by atoms with Crippen LogP contribution in [0.25, 0.3) is 6.08 Å². The van der Waals surface area contributed by atoms with E-state index in [0.717, 1.165) is 12.0 Å². The first-order valence-corrected chi connectivity index (χ1v) is 10.4. The molecule has 0 amide bonds. The van der Waals surface area contributed by atoms with Crippen molar-refractivity contribution in [3.63, 3.8) is 0 Å². The largest absolute Gasteiger partial charge is 0.462 e. The molecule has 2 unspecified atom stereocenters. The summed E-state index contributed by atoms with van der Waals surface area (Å²) in [4.78, 5) is 11.9. The Morgan fingerprint density at radius 1 is 1.15 bits per heavy atom. The number of esters is 1. The van der Waals surface area contributed by atoms with Crippen molar-refractivity contribution in [1.82, 2.24) is 0 Å². The molecule has 0 saturated heterocycles. The fourth-order valence-corrected chi connectivity index (χ4v) is 5.15. The quantitative estimate of drug-likeness (QED) is 0.408. The van der Waals surface area contributed by atoms with Gasteiger partial charge >= 0.3 is 5.97 Å². The number of carbonyl (C=O) groups excluding carboxylic acids is 1. The van der Waals surface area contributed by atoms with Gasteiger partial charge in [-0.15, -0.1) is 0 Å². The lowest BCUT2D eigenvalue weighted by atomic mass is 9.63. The van der Waals surface area contributed by atoms with E-state index in [-0.39, 0.29) is 5.97 Å². The molecule has 2 aliphatic carbocycles. The van der Waals surface area contributed by atoms with Crippen molar-refractivity contribution < 1.29 is 9.53 Å². The Bertz CT molecular complexity index is 753. The molecular formula is C25H34O2. The third kappa shape index (κ3) is 3.77. The van der Waals surface area contributed by atoms with Crippen LogP contribution >= 0.6 is 0 Å². The Labute approximate surface area is 164 Å². The minimum atomic E-state index is -0.240. The fourth-order valence-electron chi connectivity index (χ4n) is 5.15. The van der Waals surface area contributed by atoms with Crippen LogP contribution in [0, 0.1) is 16.2 Å². The normalized spacial score (nSPS) is 29.4. The van der Waals surface area contributed by atoms with Crippen molar-refractivity contribution in [3.8, 4) is 0 Å². The van der Waals surface area contributed by atoms with Crippen LogP contribution < -0.4 is 0 Å². The molecule has 2 nitrogen and oxygen atoms in total. The van der Waals surface area contributed by atoms with E-state index in [2.05, 4.69) is 45.9 Å². The number of ether oxygens (including phenoxy) is 1. The third-order valence-corrected chi connectivity index (χ3v) is 6.97. The summed E-state index contributed by atoms with van der Waals surface area (Å²) in [6.07, 6.45) is 13.2. The SMILES string of the molecule is CCCOC(=O)c1ccc(C=C(C)C=CC23CC2(C)CCCC3(C)C)cc1. The molecule has 0 aromatic heterocycles. The number of fused-ring (bicyclic) bond motifs is 1. The van der Waals surface area contributed by atoms with Gasteiger partial charge < -0.3 is 4.74 Å². The van der Waals surface area contributed by atoms with Crippen LogP contribution in [-0.2, 0) is 4.74 Å². The van der Waals surface area contributed by atoms with Crippen molar-refractivity contribution in [2.45, 2.75) is 66.7 Å². The van der Waals surface area contributed by atoms with E-state index in [9.17, 15) is 4.79 Å². The van der Waals surface area contributed by atoms with Gasteiger partial charge in [0.2, 0.25) is 0 Å². The van der Waals surface area contributed by atoms with E-state index in [4.69, 9.17) is 4.74 Å². The highest BCUT2D eigenvalue weighted by atomic mass is 16.5. The third-order valence-electron chi connectivity index (χ3n) is 6.97. The Hall–Kier alpha value is -1.83. The van der Waals surface area contributed by atoms with Crippen LogP contribution in [0.15, 0.2) is 42.0 Å². The molecule has 0 bridgehead atoms. The topological polar surface area (TPSA) is 26.3 Å². The molecule has 0 aliphatic heterocycles. The van der Waals surface area contributed by atoms with Crippen LogP contribution in [0.1, 0.15) is 82.6 Å². The average Bonchev–Trinajstić information content (AvgIpc) is 3.26. The average molecular weight is 367 g/mol. The monoisotopic (exact) mass is 366 g/mol. The Morgan fingerprint density at radius 3 is 2.48 bits per heavy atom. The number of hydrogen-bond donors (Lipinski definition) is 0. The highest BCUT2D eigenvalue weighted by molar-refractivity contribution is 5.89. The van der Waals surface area contributed by atoms with Gasteiger partial charge in [0.05, 0.1) is 12.2 Å². The first-order chi connectivity index (χ1) is 12.7. The molecule has 1 aromatic carbocycles. The van der Waals surface area contributed by atoms with Gasteiger partial charge in [0.15, 0.2) is 0 Å². The number of rotatable bonds is 6. The smallest absolute Gasteiger partial charge is 0.338 e. The molecule has 0 heterocycles. The molecule has 2 atom stereocenters. The fraction of sp³-hybridized carbons (Fsp3) is 0.560. The van der Waals surface area contributed by atoms with Crippen molar-refractivity contribution >= 4 is 12.0 Å². The second kappa shape index (κ2) is 7.30. The summed E-state index contributed by atoms with van der Waals surface area (Å²) < 4.78 is 5.18. The first-order valence-electron chi connectivity index (χ1n) is 10.4. The summed E-state index contributed by atoms with van der Waals surface area (Å²) in [5, 5.41) is 0. The van der Waals surface area contributed by atoms with Crippen LogP contribution in [0.2, 0.25) is 0 Å². The maximum Gasteiger partial charge on any atom is 0.338 e. The molecule has 2 heteroatoms. The summed E-state index contributed by atoms with van der Waals surface area (Å²) in [6, 6.07) is 7.68. The zero-order valence-electron chi connectivity index (χ0n) is 17.6. The van der Waals surface area contributed by atoms with Crippen LogP contribution in [0.5, 0.6) is 0 Å². The Balaban J connectivity index is 1.69. The second-order valence-electron chi connectivity index (χ2n) is 9.43. The molecule has 0 radical (unpaired) electrons. The highest BCUT2D eigenvalue weighted by Gasteiger charge is 2.69. The van der Waals surface area contributed by atoms with Gasteiger partial charge in [-0.25, -0.2) is 4.79 Å². The maximum atomic E-state index is 11.9. The van der Waals surface area contributed by atoms with Gasteiger partial charge in [0, 0.05) is 0 Å². The van der Waals surface area contributed by atoms with E-state index < -0.39 is 0 Å². The molecule has 3 rings (SSSR count). The van der Waals surface area contributed by atoms with Gasteiger partial charge in [-0.05, 0) is 66.5 Å². The Kier molecular flexibility index (Phi) is 5.38. The van der Waals surface area contributed by atoms with Gasteiger partial charge in [0.1, 0.15) is 0 Å². The van der Waals surface area contributed by atoms with Crippen LogP contribution in [0.4, 0.5) is 0 Å². The lowest BCUT2D eigenvalue weighted by molar-refractivity contribution is 0.0505. The predicted molar refractivity (Wildman–Crippen MR) is 113 cm³/mol. The van der Waals surface area contributed by atoms with E-state index in [0.29, 0.717) is 28.4 Å². The van der Waals surface area contributed by atoms with Crippen LogP contribution in [-0.4, -0.2) is 12.6 Å². The summed E-state index contributed by atoms with van der Waals surface area (Å²) in [5.74, 6) is -0.240. The molecule has 0 N–H and O–H groups in total. The number of benzene rings is 1. The highest BCUT2D eigenvalue weighted by Crippen LogP contribution is 2.78. The summed E-state index contributed by atoms with van der Waals surface area (Å²) in [7, 11) is 0. The molecule has 2 saturated carbocycles. The van der Waals surface area contributed by atoms with E-state index in [1.807, 2.05) is 31.2 Å². The van der Waals surface area contributed by atoms with Crippen molar-refractivity contribution in [3.05, 3.63) is 53.1 Å². The standard InChI is InChI=1S/C25H34O2/c1-6-16-27-22(26)21-10-8-20(9-11-21)17-19(2)12-15-25-18-24(25,5)14-7-13-23(25,3)4/h8-12,15,17H,6-7,13-14,16,18H2,1-5H3. The first kappa shape index (κ1) is 19.9. The zero-order valence-corrected chi connectivity index (χ0v) is 17.6. The summed E-state index contributed by atoms with van der Waals surface area (Å²) in [5.41, 5.74) is 4.22. The zero-order chi connectivity index (χ0) is 19.7. The van der Waals surface area contributed by atoms with Crippen molar-refractivity contribution in [2.24, 2.45) is 16.2 Å². The van der Waals surface area contributed by atoms with Crippen LogP contribution in [0.3, 0.4) is 0 Å². The number of carbonyl (C=O) groups is 1. The van der Waals surface area contributed by atoms with Gasteiger partial charge in [-0.2, -0.15) is 0 Å². The van der Waals surface area contributed by atoms with E-state index in [1.54, 1.807) is 0 Å². The molecule has 0 spiro atoms. The predicted octanol–water partition coefficient (Wildman–Crippen LogP) is 6.82. The summed E-state index contributed by atoms with van der Waals surface area (Å²) >= 11 is 0. The second-order valence-corrected chi connectivity index (χ2v) is 9.43. The molecular weight excluding hydrogens is 332 g/mol. The number of allylic oxidation sites excluding steroid dienone is 3. The molecule has 1 aromatic rings. The molecule has 146 valence electrons. The minimum Gasteiger partial charge on any atom is -0.462 e. The van der Waals surface area contributed by atoms with E-state index in [1.165, 1.54) is 31.3 Å². The number of hydrogen-bond acceptors (Lipinski definition) is 2. The lowest BCUT2D eigenvalue weighted by Gasteiger charge is -2.41. The van der Waals surface area contributed by atoms with Gasteiger partial charge in [-0.1, -0.05) is 70.0 Å². The minimum absolute atomic E-state index is 0.240. The van der Waals surface area contributed by atoms with Crippen molar-refractivity contribution in [1.29, 1.82) is 0 Å². The Morgan fingerprint density at radius 2 is 1.85 bits per heavy atom. The molecule has 27 heavy (non-hydrogen) atoms. The lowest BCUT2D eigenvalue weighted by Crippen LogP contribution is -2.32. The summed E-state index contributed by atoms with van der Waals surface area (Å²) in [6.45, 7) is 12.0. The van der Waals surface area contributed by atoms with Crippen molar-refractivity contribution in [2.75, 3.05) is 6.61 Å².